The van der Waals surface area contributed by atoms with E-state index in [-0.39, 0.29) is 18.0 Å². The second-order valence-corrected chi connectivity index (χ2v) is 8.65. The molecule has 0 saturated carbocycles. The largest absolute Gasteiger partial charge is 0.494 e. The quantitative estimate of drug-likeness (QED) is 0.674. The summed E-state index contributed by atoms with van der Waals surface area (Å²) in [4.78, 5) is 0. The Morgan fingerprint density at radius 3 is 2.44 bits per heavy atom. The molecule has 0 amide bonds. The van der Waals surface area contributed by atoms with Gasteiger partial charge in [0, 0.05) is 26.2 Å². The maximum absolute atomic E-state index is 12.4. The Bertz CT molecular complexity index is 608. The molecule has 1 aliphatic heterocycles. The smallest absolute Gasteiger partial charge is 0.215 e. The van der Waals surface area contributed by atoms with Gasteiger partial charge in [0.2, 0.25) is 10.0 Å². The maximum atomic E-state index is 12.4. The van der Waals surface area contributed by atoms with Gasteiger partial charge in [0.05, 0.1) is 24.6 Å². The van der Waals surface area contributed by atoms with Crippen LogP contribution in [0.5, 0.6) is 5.75 Å². The first kappa shape index (κ1) is 20.2. The first-order valence-electron chi connectivity index (χ1n) is 8.96. The number of ether oxygens (including phenoxy) is 2. The topological polar surface area (TPSA) is 67.9 Å². The van der Waals surface area contributed by atoms with E-state index in [0.717, 1.165) is 17.7 Å². The molecule has 1 heterocycles. The van der Waals surface area contributed by atoms with Crippen LogP contribution in [0, 0.1) is 0 Å². The van der Waals surface area contributed by atoms with Gasteiger partial charge in [-0.2, -0.15) is 4.31 Å². The number of benzene rings is 1. The van der Waals surface area contributed by atoms with E-state index in [1.54, 1.807) is 4.31 Å². The van der Waals surface area contributed by atoms with Crippen LogP contribution >= 0.6 is 0 Å². The lowest BCUT2D eigenvalue weighted by molar-refractivity contribution is -0.0440. The highest BCUT2D eigenvalue weighted by Gasteiger charge is 2.30. The van der Waals surface area contributed by atoms with Gasteiger partial charge in [0.1, 0.15) is 5.75 Å². The Morgan fingerprint density at radius 2 is 1.84 bits per heavy atom. The molecule has 1 aromatic carbocycles. The van der Waals surface area contributed by atoms with Crippen molar-refractivity contribution in [1.82, 2.24) is 9.62 Å². The third-order valence-electron chi connectivity index (χ3n) is 4.04. The van der Waals surface area contributed by atoms with Crippen LogP contribution in [0.2, 0.25) is 0 Å². The van der Waals surface area contributed by atoms with E-state index in [0.29, 0.717) is 32.8 Å². The fourth-order valence-corrected chi connectivity index (χ4v) is 4.38. The molecule has 0 aliphatic carbocycles. The second kappa shape index (κ2) is 9.52. The van der Waals surface area contributed by atoms with Crippen molar-refractivity contribution in [3.8, 4) is 5.75 Å². The highest BCUT2D eigenvalue weighted by Crippen LogP contribution is 2.15. The highest BCUT2D eigenvalue weighted by molar-refractivity contribution is 7.89. The Kier molecular flexibility index (Phi) is 7.68. The van der Waals surface area contributed by atoms with E-state index >= 15 is 0 Å². The number of hydrogen-bond donors (Lipinski definition) is 1. The summed E-state index contributed by atoms with van der Waals surface area (Å²) in [5.41, 5.74) is 1.11. The van der Waals surface area contributed by atoms with E-state index in [2.05, 4.69) is 12.2 Å². The lowest BCUT2D eigenvalue weighted by atomic mass is 10.2. The zero-order valence-corrected chi connectivity index (χ0v) is 16.2. The predicted molar refractivity (Wildman–Crippen MR) is 99.3 cm³/mol. The van der Waals surface area contributed by atoms with Crippen molar-refractivity contribution in [1.29, 1.82) is 0 Å². The summed E-state index contributed by atoms with van der Waals surface area (Å²) in [5, 5.41) is 3.20. The number of sulfonamides is 1. The van der Waals surface area contributed by atoms with Crippen molar-refractivity contribution in [2.24, 2.45) is 0 Å². The number of rotatable bonds is 9. The minimum absolute atomic E-state index is 0.0556. The van der Waals surface area contributed by atoms with Crippen LogP contribution in [0.3, 0.4) is 0 Å². The van der Waals surface area contributed by atoms with Crippen molar-refractivity contribution >= 4 is 10.0 Å². The van der Waals surface area contributed by atoms with Crippen LogP contribution in [0.1, 0.15) is 32.8 Å². The summed E-state index contributed by atoms with van der Waals surface area (Å²) < 4.78 is 37.6. The number of morpholine rings is 1. The van der Waals surface area contributed by atoms with E-state index in [9.17, 15) is 8.42 Å². The first-order chi connectivity index (χ1) is 11.9. The minimum Gasteiger partial charge on any atom is -0.494 e. The van der Waals surface area contributed by atoms with Crippen molar-refractivity contribution in [3.63, 3.8) is 0 Å². The summed E-state index contributed by atoms with van der Waals surface area (Å²) >= 11 is 0. The van der Waals surface area contributed by atoms with Crippen LogP contribution in [-0.2, 0) is 21.3 Å². The van der Waals surface area contributed by atoms with Crippen LogP contribution in [-0.4, -0.2) is 56.9 Å². The minimum atomic E-state index is -3.25. The molecule has 0 radical (unpaired) electrons. The molecule has 1 fully saturated rings. The molecule has 1 saturated heterocycles. The van der Waals surface area contributed by atoms with Gasteiger partial charge in [-0.15, -0.1) is 0 Å². The standard InChI is InChI=1S/C18H30N2O4S/c1-4-10-23-18-7-5-17(6-8-18)12-19-9-11-25(21,22)20-13-15(2)24-16(3)14-20/h5-8,15-16,19H,4,9-14H2,1-3H3. The Labute approximate surface area is 151 Å². The molecule has 142 valence electrons. The van der Waals surface area contributed by atoms with Gasteiger partial charge in [0.25, 0.3) is 0 Å². The lowest BCUT2D eigenvalue weighted by Gasteiger charge is -2.34. The van der Waals surface area contributed by atoms with Crippen LogP contribution in [0.15, 0.2) is 24.3 Å². The summed E-state index contributed by atoms with van der Waals surface area (Å²) in [5.74, 6) is 0.966. The molecule has 1 aliphatic rings. The van der Waals surface area contributed by atoms with Crippen LogP contribution < -0.4 is 10.1 Å². The van der Waals surface area contributed by atoms with E-state index in [1.165, 1.54) is 0 Å². The fraction of sp³-hybridized carbons (Fsp3) is 0.667. The molecule has 1 N–H and O–H groups in total. The molecule has 0 bridgehead atoms. The maximum Gasteiger partial charge on any atom is 0.215 e. The first-order valence-corrected chi connectivity index (χ1v) is 10.6. The predicted octanol–water partition coefficient (Wildman–Crippen LogP) is 2.00. The van der Waals surface area contributed by atoms with Gasteiger partial charge in [-0.3, -0.25) is 0 Å². The monoisotopic (exact) mass is 370 g/mol. The molecule has 6 nitrogen and oxygen atoms in total. The Morgan fingerprint density at radius 1 is 1.20 bits per heavy atom. The molecule has 2 unspecified atom stereocenters. The van der Waals surface area contributed by atoms with Crippen molar-refractivity contribution in [2.75, 3.05) is 32.0 Å². The van der Waals surface area contributed by atoms with Gasteiger partial charge >= 0.3 is 0 Å². The van der Waals surface area contributed by atoms with Gasteiger partial charge in [0.15, 0.2) is 0 Å². The van der Waals surface area contributed by atoms with Crippen LogP contribution in [0.25, 0.3) is 0 Å². The molecule has 0 aromatic heterocycles. The van der Waals surface area contributed by atoms with Gasteiger partial charge < -0.3 is 14.8 Å². The normalized spacial score (nSPS) is 22.0. The zero-order valence-electron chi connectivity index (χ0n) is 15.4. The molecule has 25 heavy (non-hydrogen) atoms. The Balaban J connectivity index is 1.74. The lowest BCUT2D eigenvalue weighted by Crippen LogP contribution is -2.49. The second-order valence-electron chi connectivity index (χ2n) is 6.56. The Hall–Kier alpha value is -1.15. The SMILES string of the molecule is CCCOc1ccc(CNCCS(=O)(=O)N2CC(C)OC(C)C2)cc1. The summed E-state index contributed by atoms with van der Waals surface area (Å²) in [6.07, 6.45) is 0.873. The van der Waals surface area contributed by atoms with E-state index < -0.39 is 10.0 Å². The van der Waals surface area contributed by atoms with E-state index in [1.807, 2.05) is 38.1 Å². The number of hydrogen-bond acceptors (Lipinski definition) is 5. The van der Waals surface area contributed by atoms with Crippen molar-refractivity contribution < 1.29 is 17.9 Å². The van der Waals surface area contributed by atoms with Crippen molar-refractivity contribution in [2.45, 2.75) is 45.9 Å². The molecule has 1 aromatic rings. The van der Waals surface area contributed by atoms with E-state index in [4.69, 9.17) is 9.47 Å². The molecular formula is C18H30N2O4S. The van der Waals surface area contributed by atoms with Gasteiger partial charge in [-0.25, -0.2) is 8.42 Å². The fourth-order valence-electron chi connectivity index (χ4n) is 2.84. The average molecular weight is 371 g/mol. The van der Waals surface area contributed by atoms with Gasteiger partial charge in [-0.1, -0.05) is 19.1 Å². The third-order valence-corrected chi connectivity index (χ3v) is 5.85. The highest BCUT2D eigenvalue weighted by atomic mass is 32.2. The third kappa shape index (κ3) is 6.58. The number of nitrogens with one attached hydrogen (secondary N) is 1. The van der Waals surface area contributed by atoms with Crippen molar-refractivity contribution in [3.05, 3.63) is 29.8 Å². The average Bonchev–Trinajstić information content (AvgIpc) is 2.57. The molecule has 7 heteroatoms. The molecule has 0 spiro atoms. The summed E-state index contributed by atoms with van der Waals surface area (Å²) in [7, 11) is -3.25. The van der Waals surface area contributed by atoms with Crippen LogP contribution in [0.4, 0.5) is 0 Å². The number of nitrogens with zero attached hydrogens (tertiary/aromatic N) is 1. The summed E-state index contributed by atoms with van der Waals surface area (Å²) in [6.45, 7) is 8.54. The molecule has 2 atom stereocenters. The molecular weight excluding hydrogens is 340 g/mol. The summed E-state index contributed by atoms with van der Waals surface area (Å²) in [6, 6.07) is 7.88. The van der Waals surface area contributed by atoms with Gasteiger partial charge in [-0.05, 0) is 38.0 Å². The molecule has 2 rings (SSSR count). The zero-order chi connectivity index (χ0) is 18.3.